The molecular formula is C19H22F2N2O3. The maximum Gasteiger partial charge on any atom is 0.241 e. The van der Waals surface area contributed by atoms with Crippen molar-refractivity contribution < 1.29 is 23.0 Å². The molecule has 7 heteroatoms. The van der Waals surface area contributed by atoms with Crippen molar-refractivity contribution in [2.24, 2.45) is 0 Å². The number of nitrogens with zero attached hydrogens (tertiary/aromatic N) is 1. The number of likely N-dealkylation sites (N-methyl/N-ethyl adjacent to an activating group) is 1. The summed E-state index contributed by atoms with van der Waals surface area (Å²) >= 11 is 0. The molecule has 0 aliphatic carbocycles. The molecule has 0 saturated heterocycles. The van der Waals surface area contributed by atoms with Crippen LogP contribution in [-0.4, -0.2) is 38.1 Å². The van der Waals surface area contributed by atoms with Crippen molar-refractivity contribution in [3.8, 4) is 11.5 Å². The molecule has 0 saturated carbocycles. The molecule has 0 spiro atoms. The summed E-state index contributed by atoms with van der Waals surface area (Å²) in [5.74, 6) is -0.984. The molecule has 0 aromatic heterocycles. The van der Waals surface area contributed by atoms with E-state index in [1.165, 1.54) is 6.07 Å². The van der Waals surface area contributed by atoms with E-state index in [4.69, 9.17) is 9.47 Å². The van der Waals surface area contributed by atoms with Crippen molar-refractivity contribution in [3.05, 3.63) is 53.6 Å². The molecule has 2 rings (SSSR count). The molecule has 0 bridgehead atoms. The lowest BCUT2D eigenvalue weighted by Crippen LogP contribution is -2.39. The van der Waals surface area contributed by atoms with E-state index in [1.807, 2.05) is 12.1 Å². The minimum absolute atomic E-state index is 0.384. The summed E-state index contributed by atoms with van der Waals surface area (Å²) in [6, 6.07) is 8.25. The van der Waals surface area contributed by atoms with Gasteiger partial charge in [-0.25, -0.2) is 8.78 Å². The average Bonchev–Trinajstić information content (AvgIpc) is 2.63. The minimum atomic E-state index is -0.817. The molecule has 5 nitrogen and oxygen atoms in total. The van der Waals surface area contributed by atoms with Gasteiger partial charge in [0.1, 0.15) is 17.3 Å². The molecule has 1 N–H and O–H groups in total. The Morgan fingerprint density at radius 2 is 1.73 bits per heavy atom. The molecule has 0 aliphatic heterocycles. The first-order valence-corrected chi connectivity index (χ1v) is 8.04. The molecule has 0 heterocycles. The maximum absolute atomic E-state index is 13.7. The average molecular weight is 364 g/mol. The van der Waals surface area contributed by atoms with Crippen LogP contribution in [0.15, 0.2) is 36.4 Å². The highest BCUT2D eigenvalue weighted by Crippen LogP contribution is 2.31. The fourth-order valence-corrected chi connectivity index (χ4v) is 2.53. The molecule has 1 unspecified atom stereocenters. The van der Waals surface area contributed by atoms with Gasteiger partial charge in [0.2, 0.25) is 5.91 Å². The first-order valence-electron chi connectivity index (χ1n) is 8.04. The van der Waals surface area contributed by atoms with Crippen LogP contribution in [0.3, 0.4) is 0 Å². The van der Waals surface area contributed by atoms with Crippen molar-refractivity contribution >= 4 is 11.6 Å². The number of hydrogen-bond acceptors (Lipinski definition) is 4. The molecule has 0 fully saturated rings. The van der Waals surface area contributed by atoms with E-state index in [1.54, 1.807) is 39.2 Å². The van der Waals surface area contributed by atoms with Crippen molar-refractivity contribution in [2.75, 3.05) is 26.6 Å². The van der Waals surface area contributed by atoms with Crippen LogP contribution in [-0.2, 0) is 11.3 Å². The standard InChI is InChI=1S/C19H22F2N2O3/c1-12(19(24)22-17-14(20)8-6-9-15(17)21)23(2)11-13-7-5-10-16(25-3)18(13)26-4/h5-10,12H,11H2,1-4H3,(H,22,24). The van der Waals surface area contributed by atoms with Crippen LogP contribution in [0.4, 0.5) is 14.5 Å². The fourth-order valence-electron chi connectivity index (χ4n) is 2.53. The van der Waals surface area contributed by atoms with Crippen LogP contribution in [0.25, 0.3) is 0 Å². The van der Waals surface area contributed by atoms with E-state index in [-0.39, 0.29) is 0 Å². The van der Waals surface area contributed by atoms with E-state index in [0.29, 0.717) is 18.0 Å². The van der Waals surface area contributed by atoms with Gasteiger partial charge in [-0.15, -0.1) is 0 Å². The Kier molecular flexibility index (Phi) is 6.52. The van der Waals surface area contributed by atoms with Crippen molar-refractivity contribution in [1.82, 2.24) is 4.90 Å². The third kappa shape index (κ3) is 4.29. The summed E-state index contributed by atoms with van der Waals surface area (Å²) in [5.41, 5.74) is 0.378. The van der Waals surface area contributed by atoms with E-state index >= 15 is 0 Å². The number of anilines is 1. The zero-order valence-corrected chi connectivity index (χ0v) is 15.2. The molecule has 26 heavy (non-hydrogen) atoms. The topological polar surface area (TPSA) is 50.8 Å². The third-order valence-corrected chi connectivity index (χ3v) is 4.16. The Labute approximate surface area is 151 Å². The molecule has 0 radical (unpaired) electrons. The van der Waals surface area contributed by atoms with Gasteiger partial charge in [-0.1, -0.05) is 18.2 Å². The van der Waals surface area contributed by atoms with E-state index in [9.17, 15) is 13.6 Å². The summed E-state index contributed by atoms with van der Waals surface area (Å²) in [6.45, 7) is 2.04. The van der Waals surface area contributed by atoms with Crippen molar-refractivity contribution in [1.29, 1.82) is 0 Å². The SMILES string of the molecule is COc1cccc(CN(C)C(C)C(=O)Nc2c(F)cccc2F)c1OC. The number of halogens is 2. The van der Waals surface area contributed by atoms with Crippen molar-refractivity contribution in [2.45, 2.75) is 19.5 Å². The molecule has 2 aromatic rings. The van der Waals surface area contributed by atoms with Crippen LogP contribution < -0.4 is 14.8 Å². The number of rotatable bonds is 7. The largest absolute Gasteiger partial charge is 0.493 e. The van der Waals surface area contributed by atoms with Crippen molar-refractivity contribution in [3.63, 3.8) is 0 Å². The second kappa shape index (κ2) is 8.62. The van der Waals surface area contributed by atoms with Gasteiger partial charge in [0.15, 0.2) is 11.5 Å². The number of methoxy groups -OCH3 is 2. The third-order valence-electron chi connectivity index (χ3n) is 4.16. The van der Waals surface area contributed by atoms with Gasteiger partial charge in [-0.2, -0.15) is 0 Å². The number of benzene rings is 2. The van der Waals surface area contributed by atoms with Crippen LogP contribution in [0.2, 0.25) is 0 Å². The number of carbonyl (C=O) groups excluding carboxylic acids is 1. The van der Waals surface area contributed by atoms with Gasteiger partial charge in [0, 0.05) is 12.1 Å². The summed E-state index contributed by atoms with van der Waals surface area (Å²) in [4.78, 5) is 14.1. The van der Waals surface area contributed by atoms with Crippen LogP contribution in [0.5, 0.6) is 11.5 Å². The monoisotopic (exact) mass is 364 g/mol. The highest BCUT2D eigenvalue weighted by molar-refractivity contribution is 5.94. The summed E-state index contributed by atoms with van der Waals surface area (Å²) < 4.78 is 38.1. The first-order chi connectivity index (χ1) is 12.4. The van der Waals surface area contributed by atoms with Crippen LogP contribution in [0, 0.1) is 11.6 Å². The van der Waals surface area contributed by atoms with Crippen LogP contribution >= 0.6 is 0 Å². The van der Waals surface area contributed by atoms with Gasteiger partial charge in [0.05, 0.1) is 20.3 Å². The van der Waals surface area contributed by atoms with Gasteiger partial charge in [0.25, 0.3) is 0 Å². The first kappa shape index (κ1) is 19.7. The second-order valence-corrected chi connectivity index (χ2v) is 5.83. The lowest BCUT2D eigenvalue weighted by molar-refractivity contribution is -0.120. The maximum atomic E-state index is 13.7. The minimum Gasteiger partial charge on any atom is -0.493 e. The normalized spacial score (nSPS) is 12.0. The number of amides is 1. The van der Waals surface area contributed by atoms with Gasteiger partial charge >= 0.3 is 0 Å². The number of hydrogen-bond donors (Lipinski definition) is 1. The molecular weight excluding hydrogens is 342 g/mol. The van der Waals surface area contributed by atoms with Crippen LogP contribution in [0.1, 0.15) is 12.5 Å². The second-order valence-electron chi connectivity index (χ2n) is 5.83. The Morgan fingerprint density at radius 3 is 2.31 bits per heavy atom. The molecule has 1 atom stereocenters. The smallest absolute Gasteiger partial charge is 0.241 e. The highest BCUT2D eigenvalue weighted by atomic mass is 19.1. The summed E-state index contributed by atoms with van der Waals surface area (Å²) in [5, 5.41) is 2.31. The summed E-state index contributed by atoms with van der Waals surface area (Å²) in [7, 11) is 4.82. The number of carbonyl (C=O) groups is 1. The van der Waals surface area contributed by atoms with E-state index < -0.39 is 29.3 Å². The van der Waals surface area contributed by atoms with Gasteiger partial charge < -0.3 is 14.8 Å². The van der Waals surface area contributed by atoms with E-state index in [0.717, 1.165) is 17.7 Å². The lowest BCUT2D eigenvalue weighted by atomic mass is 10.1. The highest BCUT2D eigenvalue weighted by Gasteiger charge is 2.22. The Hall–Kier alpha value is -2.67. The Morgan fingerprint density at radius 1 is 1.12 bits per heavy atom. The molecule has 0 aliphatic rings. The quantitative estimate of drug-likeness (QED) is 0.818. The zero-order chi connectivity index (χ0) is 19.3. The Bertz CT molecular complexity index is 763. The number of ether oxygens (including phenoxy) is 2. The zero-order valence-electron chi connectivity index (χ0n) is 15.2. The molecule has 2 aromatic carbocycles. The molecule has 1 amide bonds. The predicted octanol–water partition coefficient (Wildman–Crippen LogP) is 3.44. The lowest BCUT2D eigenvalue weighted by Gasteiger charge is -2.25. The predicted molar refractivity (Wildman–Crippen MR) is 95.5 cm³/mol. The van der Waals surface area contributed by atoms with E-state index in [2.05, 4.69) is 5.32 Å². The van der Waals surface area contributed by atoms with Gasteiger partial charge in [-0.3, -0.25) is 9.69 Å². The summed E-state index contributed by atoms with van der Waals surface area (Å²) in [6.07, 6.45) is 0. The number of nitrogens with one attached hydrogen (secondary N) is 1. The fraction of sp³-hybridized carbons (Fsp3) is 0.316. The molecule has 140 valence electrons. The number of para-hydroxylation sites is 2. The Balaban J connectivity index is 2.12. The van der Waals surface area contributed by atoms with Gasteiger partial charge in [-0.05, 0) is 32.2 Å².